The van der Waals surface area contributed by atoms with Crippen molar-refractivity contribution < 1.29 is 19.4 Å². The fraction of sp³-hybridized carbons (Fsp3) is 0.533. The van der Waals surface area contributed by atoms with Gasteiger partial charge in [-0.3, -0.25) is 4.79 Å². The number of aliphatic hydroxyl groups excluding tert-OH is 1. The van der Waals surface area contributed by atoms with Gasteiger partial charge in [-0.25, -0.2) is 0 Å². The van der Waals surface area contributed by atoms with Gasteiger partial charge in [0, 0.05) is 13.1 Å². The molecule has 1 amide bonds. The SMILES string of the molecule is O=C(COc1ccc2c(c1)CC[C@H]2O)N1CCOCC1. The van der Waals surface area contributed by atoms with Crippen molar-refractivity contribution in [1.29, 1.82) is 0 Å². The predicted octanol–water partition coefficient (Wildman–Crippen LogP) is 0.904. The van der Waals surface area contributed by atoms with Crippen molar-refractivity contribution in [2.24, 2.45) is 0 Å². The predicted molar refractivity (Wildman–Crippen MR) is 72.6 cm³/mol. The highest BCUT2D eigenvalue weighted by Crippen LogP contribution is 2.33. The van der Waals surface area contributed by atoms with Gasteiger partial charge in [0.1, 0.15) is 5.75 Å². The highest BCUT2D eigenvalue weighted by Gasteiger charge is 2.21. The molecule has 1 fully saturated rings. The third-order valence-corrected chi connectivity index (χ3v) is 3.89. The Morgan fingerprint density at radius 2 is 2.20 bits per heavy atom. The normalized spacial score (nSPS) is 21.6. The summed E-state index contributed by atoms with van der Waals surface area (Å²) in [6, 6.07) is 5.64. The first kappa shape index (κ1) is 13.4. The molecule has 0 unspecified atom stereocenters. The van der Waals surface area contributed by atoms with E-state index in [2.05, 4.69) is 0 Å². The first-order valence-electron chi connectivity index (χ1n) is 7.03. The molecule has 108 valence electrons. The average molecular weight is 277 g/mol. The van der Waals surface area contributed by atoms with Crippen molar-refractivity contribution in [3.8, 4) is 5.75 Å². The van der Waals surface area contributed by atoms with Crippen LogP contribution in [-0.2, 0) is 16.0 Å². The Labute approximate surface area is 118 Å². The second-order valence-electron chi connectivity index (χ2n) is 5.20. The molecule has 0 radical (unpaired) electrons. The number of ether oxygens (including phenoxy) is 2. The smallest absolute Gasteiger partial charge is 0.260 e. The molecular weight excluding hydrogens is 258 g/mol. The Morgan fingerprint density at radius 3 is 3.00 bits per heavy atom. The Hall–Kier alpha value is -1.59. The largest absolute Gasteiger partial charge is 0.484 e. The van der Waals surface area contributed by atoms with Crippen LogP contribution in [0.25, 0.3) is 0 Å². The minimum atomic E-state index is -0.353. The number of aryl methyl sites for hydroxylation is 1. The number of benzene rings is 1. The molecule has 1 aromatic carbocycles. The summed E-state index contributed by atoms with van der Waals surface area (Å²) < 4.78 is 10.8. The summed E-state index contributed by atoms with van der Waals surface area (Å²) >= 11 is 0. The summed E-state index contributed by atoms with van der Waals surface area (Å²) in [6.07, 6.45) is 1.28. The first-order valence-corrected chi connectivity index (χ1v) is 7.03. The van der Waals surface area contributed by atoms with Crippen LogP contribution in [0.5, 0.6) is 5.75 Å². The number of amides is 1. The Morgan fingerprint density at radius 1 is 1.40 bits per heavy atom. The Bertz CT molecular complexity index is 497. The van der Waals surface area contributed by atoms with Crippen molar-refractivity contribution in [2.75, 3.05) is 32.9 Å². The zero-order valence-electron chi connectivity index (χ0n) is 11.4. The molecule has 1 aromatic rings. The van der Waals surface area contributed by atoms with Gasteiger partial charge < -0.3 is 19.5 Å². The van der Waals surface area contributed by atoms with Crippen molar-refractivity contribution in [3.05, 3.63) is 29.3 Å². The third-order valence-electron chi connectivity index (χ3n) is 3.89. The van der Waals surface area contributed by atoms with E-state index in [0.717, 1.165) is 24.0 Å². The fourth-order valence-corrected chi connectivity index (χ4v) is 2.71. The van der Waals surface area contributed by atoms with E-state index in [4.69, 9.17) is 9.47 Å². The summed E-state index contributed by atoms with van der Waals surface area (Å²) in [5.41, 5.74) is 2.10. The van der Waals surface area contributed by atoms with Crippen LogP contribution in [0.15, 0.2) is 18.2 Å². The van der Waals surface area contributed by atoms with Gasteiger partial charge in [-0.05, 0) is 36.1 Å². The standard InChI is InChI=1S/C15H19NO4/c17-14-4-1-11-9-12(2-3-13(11)14)20-10-15(18)16-5-7-19-8-6-16/h2-3,9,14,17H,1,4-8,10H2/t14-/m1/s1. The number of nitrogens with zero attached hydrogens (tertiary/aromatic N) is 1. The van der Waals surface area contributed by atoms with Crippen molar-refractivity contribution in [3.63, 3.8) is 0 Å². The van der Waals surface area contributed by atoms with Crippen LogP contribution in [0.3, 0.4) is 0 Å². The molecule has 5 heteroatoms. The summed E-state index contributed by atoms with van der Waals surface area (Å²) in [5, 5.41) is 9.75. The molecule has 5 nitrogen and oxygen atoms in total. The van der Waals surface area contributed by atoms with Crippen LogP contribution >= 0.6 is 0 Å². The lowest BCUT2D eigenvalue weighted by molar-refractivity contribution is -0.137. The van der Waals surface area contributed by atoms with Crippen LogP contribution < -0.4 is 4.74 Å². The van der Waals surface area contributed by atoms with Gasteiger partial charge in [-0.2, -0.15) is 0 Å². The van der Waals surface area contributed by atoms with E-state index in [0.29, 0.717) is 32.1 Å². The zero-order chi connectivity index (χ0) is 13.9. The number of hydrogen-bond acceptors (Lipinski definition) is 4. The molecule has 1 heterocycles. The molecule has 20 heavy (non-hydrogen) atoms. The maximum atomic E-state index is 12.0. The minimum absolute atomic E-state index is 0.00571. The van der Waals surface area contributed by atoms with Gasteiger partial charge in [-0.15, -0.1) is 0 Å². The number of hydrogen-bond donors (Lipinski definition) is 1. The van der Waals surface area contributed by atoms with E-state index < -0.39 is 0 Å². The molecule has 0 spiro atoms. The molecule has 0 saturated carbocycles. The quantitative estimate of drug-likeness (QED) is 0.892. The van der Waals surface area contributed by atoms with Crippen LogP contribution in [0.1, 0.15) is 23.7 Å². The van der Waals surface area contributed by atoms with Gasteiger partial charge in [0.25, 0.3) is 5.91 Å². The zero-order valence-corrected chi connectivity index (χ0v) is 11.4. The fourth-order valence-electron chi connectivity index (χ4n) is 2.71. The summed E-state index contributed by atoms with van der Waals surface area (Å²) in [7, 11) is 0. The van der Waals surface area contributed by atoms with Crippen LogP contribution in [-0.4, -0.2) is 48.8 Å². The molecule has 1 N–H and O–H groups in total. The van der Waals surface area contributed by atoms with E-state index in [1.54, 1.807) is 4.90 Å². The average Bonchev–Trinajstić information content (AvgIpc) is 2.87. The highest BCUT2D eigenvalue weighted by molar-refractivity contribution is 5.77. The second kappa shape index (κ2) is 5.81. The second-order valence-corrected chi connectivity index (χ2v) is 5.20. The van der Waals surface area contributed by atoms with E-state index >= 15 is 0 Å². The van der Waals surface area contributed by atoms with Crippen molar-refractivity contribution in [1.82, 2.24) is 4.90 Å². The molecule has 0 bridgehead atoms. The Balaban J connectivity index is 1.57. The van der Waals surface area contributed by atoms with Gasteiger partial charge in [0.15, 0.2) is 6.61 Å². The monoisotopic (exact) mass is 277 g/mol. The lowest BCUT2D eigenvalue weighted by atomic mass is 10.1. The van der Waals surface area contributed by atoms with Crippen LogP contribution in [0, 0.1) is 0 Å². The number of morpholine rings is 1. The van der Waals surface area contributed by atoms with Gasteiger partial charge in [0.05, 0.1) is 19.3 Å². The van der Waals surface area contributed by atoms with Gasteiger partial charge in [0.2, 0.25) is 0 Å². The molecule has 3 rings (SSSR count). The molecule has 1 atom stereocenters. The number of rotatable bonds is 3. The number of carbonyl (C=O) groups excluding carboxylic acids is 1. The number of carbonyl (C=O) groups is 1. The van der Waals surface area contributed by atoms with Gasteiger partial charge >= 0.3 is 0 Å². The molecular formula is C15H19NO4. The van der Waals surface area contributed by atoms with E-state index in [1.165, 1.54) is 0 Å². The maximum Gasteiger partial charge on any atom is 0.260 e. The number of aliphatic hydroxyl groups is 1. The molecule has 1 saturated heterocycles. The maximum absolute atomic E-state index is 12.0. The van der Waals surface area contributed by atoms with E-state index in [9.17, 15) is 9.90 Å². The summed E-state index contributed by atoms with van der Waals surface area (Å²) in [4.78, 5) is 13.7. The lowest BCUT2D eigenvalue weighted by Gasteiger charge is -2.26. The molecule has 0 aromatic heterocycles. The topological polar surface area (TPSA) is 59.0 Å². The van der Waals surface area contributed by atoms with Crippen LogP contribution in [0.2, 0.25) is 0 Å². The van der Waals surface area contributed by atoms with E-state index in [-0.39, 0.29) is 18.6 Å². The third kappa shape index (κ3) is 2.78. The minimum Gasteiger partial charge on any atom is -0.484 e. The van der Waals surface area contributed by atoms with Crippen molar-refractivity contribution in [2.45, 2.75) is 18.9 Å². The molecule has 2 aliphatic rings. The molecule has 1 aliphatic heterocycles. The first-order chi connectivity index (χ1) is 9.74. The molecule has 1 aliphatic carbocycles. The Kier molecular flexibility index (Phi) is 3.89. The number of fused-ring (bicyclic) bond motifs is 1. The van der Waals surface area contributed by atoms with Gasteiger partial charge in [-0.1, -0.05) is 6.07 Å². The summed E-state index contributed by atoms with van der Waals surface area (Å²) in [6.45, 7) is 2.53. The van der Waals surface area contributed by atoms with Crippen LogP contribution in [0.4, 0.5) is 0 Å². The summed E-state index contributed by atoms with van der Waals surface area (Å²) in [5.74, 6) is 0.688. The van der Waals surface area contributed by atoms with E-state index in [1.807, 2.05) is 18.2 Å². The lowest BCUT2D eigenvalue weighted by Crippen LogP contribution is -2.42. The van der Waals surface area contributed by atoms with Crippen molar-refractivity contribution >= 4 is 5.91 Å². The highest BCUT2D eigenvalue weighted by atomic mass is 16.5.